The molecule has 0 unspecified atom stereocenters. The number of carbonyl (C=O) groups is 1. The van der Waals surface area contributed by atoms with E-state index in [2.05, 4.69) is 6.92 Å². The molecule has 5 heteroatoms. The fourth-order valence-corrected chi connectivity index (χ4v) is 2.10. The van der Waals surface area contributed by atoms with E-state index in [0.717, 1.165) is 19.3 Å². The highest BCUT2D eigenvalue weighted by molar-refractivity contribution is 8.05. The summed E-state index contributed by atoms with van der Waals surface area (Å²) >= 11 is 0. The lowest BCUT2D eigenvalue weighted by atomic mass is 10.1. The first-order valence-corrected chi connectivity index (χ1v) is 7.11. The lowest BCUT2D eigenvalue weighted by Gasteiger charge is -2.00. The number of unbranched alkanes of at least 4 members (excludes halogenated alkanes) is 6. The molecule has 15 heavy (non-hydrogen) atoms. The second kappa shape index (κ2) is 7.68. The molecular formula is C10H20O4S. The van der Waals surface area contributed by atoms with Crippen molar-refractivity contribution in [1.82, 2.24) is 0 Å². The highest BCUT2D eigenvalue weighted by atomic mass is 32.2. The molecule has 0 saturated carbocycles. The van der Waals surface area contributed by atoms with Crippen LogP contribution in [-0.4, -0.2) is 24.6 Å². The monoisotopic (exact) mass is 236 g/mol. The molecule has 1 N–H and O–H groups in total. The predicted molar refractivity (Wildman–Crippen MR) is 59.8 cm³/mol. The zero-order valence-corrected chi connectivity index (χ0v) is 10.1. The van der Waals surface area contributed by atoms with Gasteiger partial charge in [0.1, 0.15) is 0 Å². The minimum absolute atomic E-state index is 0.226. The highest BCUT2D eigenvalue weighted by Gasteiger charge is 2.19. The minimum Gasteiger partial charge on any atom is -0.470 e. The van der Waals surface area contributed by atoms with Crippen LogP contribution in [0.3, 0.4) is 0 Å². The molecule has 0 aromatic carbocycles. The van der Waals surface area contributed by atoms with Crippen LogP contribution in [0.25, 0.3) is 0 Å². The third kappa shape index (κ3) is 7.36. The lowest BCUT2D eigenvalue weighted by molar-refractivity contribution is 0.219. The molecular weight excluding hydrogens is 216 g/mol. The zero-order chi connectivity index (χ0) is 11.7. The summed E-state index contributed by atoms with van der Waals surface area (Å²) in [6, 6.07) is 0. The summed E-state index contributed by atoms with van der Waals surface area (Å²) in [6.45, 7) is 2.14. The van der Waals surface area contributed by atoms with Crippen LogP contribution in [0.1, 0.15) is 51.9 Å². The number of hydrogen-bond acceptors (Lipinski definition) is 3. The molecule has 0 rings (SSSR count). The predicted octanol–water partition coefficient (Wildman–Crippen LogP) is 2.83. The van der Waals surface area contributed by atoms with E-state index >= 15 is 0 Å². The Labute approximate surface area is 91.6 Å². The molecule has 90 valence electrons. The highest BCUT2D eigenvalue weighted by Crippen LogP contribution is 2.08. The van der Waals surface area contributed by atoms with Crippen molar-refractivity contribution >= 4 is 15.1 Å². The molecule has 0 aliphatic rings. The Bertz CT molecular complexity index is 269. The van der Waals surface area contributed by atoms with Crippen molar-refractivity contribution in [2.45, 2.75) is 51.9 Å². The summed E-state index contributed by atoms with van der Waals surface area (Å²) in [7, 11) is -3.88. The number of sulfone groups is 1. The van der Waals surface area contributed by atoms with Crippen LogP contribution in [0.4, 0.5) is 4.79 Å². The van der Waals surface area contributed by atoms with E-state index in [1.165, 1.54) is 19.3 Å². The van der Waals surface area contributed by atoms with Gasteiger partial charge in [-0.15, -0.1) is 0 Å². The zero-order valence-electron chi connectivity index (χ0n) is 9.24. The molecule has 4 nitrogen and oxygen atoms in total. The average molecular weight is 236 g/mol. The molecule has 0 saturated heterocycles. The van der Waals surface area contributed by atoms with E-state index < -0.39 is 15.1 Å². The van der Waals surface area contributed by atoms with Crippen LogP contribution in [0.2, 0.25) is 0 Å². The fraction of sp³-hybridized carbons (Fsp3) is 0.900. The van der Waals surface area contributed by atoms with E-state index in [9.17, 15) is 13.2 Å². The smallest absolute Gasteiger partial charge is 0.422 e. The SMILES string of the molecule is CCCCCCCCCS(=O)(=O)C(=O)O. The van der Waals surface area contributed by atoms with Gasteiger partial charge in [0.05, 0.1) is 5.75 Å². The van der Waals surface area contributed by atoms with Crippen molar-refractivity contribution in [1.29, 1.82) is 0 Å². The van der Waals surface area contributed by atoms with Gasteiger partial charge in [0.15, 0.2) is 0 Å². The number of carboxylic acid groups (broad SMARTS) is 1. The second-order valence-corrected chi connectivity index (χ2v) is 5.69. The van der Waals surface area contributed by atoms with Gasteiger partial charge < -0.3 is 5.11 Å². The van der Waals surface area contributed by atoms with Gasteiger partial charge in [0, 0.05) is 0 Å². The van der Waals surface area contributed by atoms with Crippen LogP contribution >= 0.6 is 0 Å². The Balaban J connectivity index is 3.43. The van der Waals surface area contributed by atoms with Crippen LogP contribution in [0.5, 0.6) is 0 Å². The topological polar surface area (TPSA) is 71.4 Å². The normalized spacial score (nSPS) is 11.5. The average Bonchev–Trinajstić information content (AvgIpc) is 2.16. The number of rotatable bonds is 8. The van der Waals surface area contributed by atoms with Crippen molar-refractivity contribution in [3.05, 3.63) is 0 Å². The van der Waals surface area contributed by atoms with E-state index in [0.29, 0.717) is 6.42 Å². The molecule has 0 radical (unpaired) electrons. The third-order valence-electron chi connectivity index (χ3n) is 2.28. The van der Waals surface area contributed by atoms with Gasteiger partial charge in [-0.3, -0.25) is 0 Å². The molecule has 0 aromatic heterocycles. The Kier molecular flexibility index (Phi) is 7.38. The maximum atomic E-state index is 10.9. The molecule has 0 spiro atoms. The minimum atomic E-state index is -3.88. The van der Waals surface area contributed by atoms with Crippen molar-refractivity contribution < 1.29 is 18.3 Å². The lowest BCUT2D eigenvalue weighted by Crippen LogP contribution is -2.15. The van der Waals surface area contributed by atoms with Crippen molar-refractivity contribution in [3.8, 4) is 0 Å². The molecule has 0 aliphatic carbocycles. The Morgan fingerprint density at radius 3 is 1.93 bits per heavy atom. The molecule has 0 fully saturated rings. The first-order valence-electron chi connectivity index (χ1n) is 5.46. The van der Waals surface area contributed by atoms with Gasteiger partial charge >= 0.3 is 5.30 Å². The summed E-state index contributed by atoms with van der Waals surface area (Å²) in [5.74, 6) is -0.226. The van der Waals surface area contributed by atoms with Crippen LogP contribution < -0.4 is 0 Å². The maximum Gasteiger partial charge on any atom is 0.422 e. The summed E-state index contributed by atoms with van der Waals surface area (Å²) in [6.07, 6.45) is 6.95. The van der Waals surface area contributed by atoms with E-state index in [4.69, 9.17) is 5.11 Å². The second-order valence-electron chi connectivity index (χ2n) is 3.71. The van der Waals surface area contributed by atoms with Crippen molar-refractivity contribution in [3.63, 3.8) is 0 Å². The Morgan fingerprint density at radius 1 is 1.00 bits per heavy atom. The van der Waals surface area contributed by atoms with E-state index in [1.807, 2.05) is 0 Å². The van der Waals surface area contributed by atoms with Gasteiger partial charge in [0.25, 0.3) is 0 Å². The maximum absolute atomic E-state index is 10.9. The van der Waals surface area contributed by atoms with E-state index in [-0.39, 0.29) is 5.75 Å². The fourth-order valence-electron chi connectivity index (χ4n) is 1.34. The van der Waals surface area contributed by atoms with Gasteiger partial charge in [-0.05, 0) is 6.42 Å². The quantitative estimate of drug-likeness (QED) is 0.658. The van der Waals surface area contributed by atoms with Gasteiger partial charge in [0.2, 0.25) is 9.84 Å². The first-order chi connectivity index (χ1) is 7.00. The largest absolute Gasteiger partial charge is 0.470 e. The Hall–Kier alpha value is -0.580. The first kappa shape index (κ1) is 14.4. The van der Waals surface area contributed by atoms with E-state index in [1.54, 1.807) is 0 Å². The summed E-state index contributed by atoms with van der Waals surface area (Å²) < 4.78 is 21.7. The van der Waals surface area contributed by atoms with Gasteiger partial charge in [-0.25, -0.2) is 13.2 Å². The van der Waals surface area contributed by atoms with Crippen molar-refractivity contribution in [2.24, 2.45) is 0 Å². The summed E-state index contributed by atoms with van der Waals surface area (Å²) in [4.78, 5) is 10.2. The number of hydrogen-bond donors (Lipinski definition) is 1. The molecule has 0 bridgehead atoms. The van der Waals surface area contributed by atoms with Crippen molar-refractivity contribution in [2.75, 3.05) is 5.75 Å². The summed E-state index contributed by atoms with van der Waals surface area (Å²) in [5.41, 5.74) is 0. The van der Waals surface area contributed by atoms with Gasteiger partial charge in [-0.2, -0.15) is 0 Å². The van der Waals surface area contributed by atoms with Crippen LogP contribution in [0, 0.1) is 0 Å². The molecule has 0 heterocycles. The third-order valence-corrected chi connectivity index (χ3v) is 3.64. The molecule has 0 amide bonds. The standard InChI is InChI=1S/C10H20O4S/c1-2-3-4-5-6-7-8-9-15(13,14)10(11)12/h2-9H2,1H3,(H,11,12). The molecule has 0 aliphatic heterocycles. The Morgan fingerprint density at radius 2 is 1.47 bits per heavy atom. The van der Waals surface area contributed by atoms with Crippen LogP contribution in [-0.2, 0) is 9.84 Å². The molecule has 0 aromatic rings. The molecule has 0 atom stereocenters. The van der Waals surface area contributed by atoms with Gasteiger partial charge in [-0.1, -0.05) is 45.4 Å². The summed E-state index contributed by atoms with van der Waals surface area (Å²) in [5, 5.41) is 6.63. The van der Waals surface area contributed by atoms with Crippen LogP contribution in [0.15, 0.2) is 0 Å².